The van der Waals surface area contributed by atoms with Crippen molar-refractivity contribution in [1.29, 1.82) is 0 Å². The molecular weight excluding hydrogens is 284 g/mol. The second-order valence-electron chi connectivity index (χ2n) is 5.47. The van der Waals surface area contributed by atoms with Gasteiger partial charge in [-0.1, -0.05) is 0 Å². The van der Waals surface area contributed by atoms with E-state index in [4.69, 9.17) is 5.73 Å². The van der Waals surface area contributed by atoms with Crippen LogP contribution in [0, 0.1) is 0 Å². The molecule has 7 heteroatoms. The van der Waals surface area contributed by atoms with Crippen LogP contribution in [0.5, 0.6) is 0 Å². The number of amides is 2. The summed E-state index contributed by atoms with van der Waals surface area (Å²) in [4.78, 5) is 33.7. The molecule has 0 bridgehead atoms. The van der Waals surface area contributed by atoms with Crippen LogP contribution in [0.25, 0.3) is 0 Å². The van der Waals surface area contributed by atoms with E-state index >= 15 is 0 Å². The molecule has 0 aliphatic rings. The number of Topliss-reactive ketones (excluding diaryl/α,β-unsaturated/α-hetero) is 1. The van der Waals surface area contributed by atoms with Crippen molar-refractivity contribution in [1.82, 2.24) is 16.0 Å². The molecule has 0 saturated heterocycles. The zero-order valence-electron chi connectivity index (χ0n) is 13.9. The summed E-state index contributed by atoms with van der Waals surface area (Å²) in [5.74, 6) is -0.115. The van der Waals surface area contributed by atoms with Crippen molar-refractivity contribution in [3.05, 3.63) is 0 Å². The monoisotopic (exact) mass is 314 g/mol. The summed E-state index contributed by atoms with van der Waals surface area (Å²) < 4.78 is 0. The lowest BCUT2D eigenvalue weighted by molar-refractivity contribution is -0.122. The van der Waals surface area contributed by atoms with Gasteiger partial charge >= 0.3 is 0 Å². The SMILES string of the molecule is CNC(CCCCNC(=O)C(N)CCCNC(C)=O)C(C)=O. The molecule has 2 atom stereocenters. The largest absolute Gasteiger partial charge is 0.356 e. The summed E-state index contributed by atoms with van der Waals surface area (Å²) in [7, 11) is 1.77. The number of unbranched alkanes of at least 4 members (excludes halogenated alkanes) is 1. The van der Waals surface area contributed by atoms with Gasteiger partial charge < -0.3 is 21.7 Å². The van der Waals surface area contributed by atoms with Gasteiger partial charge in [-0.3, -0.25) is 14.4 Å². The van der Waals surface area contributed by atoms with Crippen molar-refractivity contribution in [2.45, 2.75) is 58.0 Å². The Bertz CT molecular complexity index is 361. The highest BCUT2D eigenvalue weighted by Gasteiger charge is 2.13. The van der Waals surface area contributed by atoms with Crippen molar-refractivity contribution >= 4 is 17.6 Å². The molecule has 0 heterocycles. The van der Waals surface area contributed by atoms with Gasteiger partial charge in [0.1, 0.15) is 5.78 Å². The van der Waals surface area contributed by atoms with Crippen LogP contribution in [0.2, 0.25) is 0 Å². The third-order valence-corrected chi connectivity index (χ3v) is 3.46. The molecule has 0 aliphatic carbocycles. The highest BCUT2D eigenvalue weighted by atomic mass is 16.2. The van der Waals surface area contributed by atoms with Crippen LogP contribution in [0.4, 0.5) is 0 Å². The molecule has 7 nitrogen and oxygen atoms in total. The molecule has 0 aromatic rings. The van der Waals surface area contributed by atoms with E-state index in [-0.39, 0.29) is 23.6 Å². The molecular formula is C15H30N4O3. The predicted molar refractivity (Wildman–Crippen MR) is 86.3 cm³/mol. The normalized spacial score (nSPS) is 13.3. The lowest BCUT2D eigenvalue weighted by Crippen LogP contribution is -2.41. The molecule has 0 rings (SSSR count). The Labute approximate surface area is 132 Å². The molecule has 0 aromatic heterocycles. The van der Waals surface area contributed by atoms with E-state index < -0.39 is 6.04 Å². The molecule has 2 amide bonds. The lowest BCUT2D eigenvalue weighted by Gasteiger charge is -2.14. The van der Waals surface area contributed by atoms with Crippen molar-refractivity contribution < 1.29 is 14.4 Å². The number of nitrogens with two attached hydrogens (primary N) is 1. The number of hydrogen-bond acceptors (Lipinski definition) is 5. The maximum Gasteiger partial charge on any atom is 0.236 e. The Hall–Kier alpha value is -1.47. The zero-order valence-corrected chi connectivity index (χ0v) is 13.9. The van der Waals surface area contributed by atoms with Gasteiger partial charge in [0, 0.05) is 20.0 Å². The molecule has 0 spiro atoms. The molecule has 5 N–H and O–H groups in total. The number of ketones is 1. The zero-order chi connectivity index (χ0) is 17.0. The molecule has 0 radical (unpaired) electrons. The van der Waals surface area contributed by atoms with Crippen molar-refractivity contribution in [2.75, 3.05) is 20.1 Å². The summed E-state index contributed by atoms with van der Waals surface area (Å²) >= 11 is 0. The maximum atomic E-state index is 11.7. The van der Waals surface area contributed by atoms with Crippen molar-refractivity contribution in [2.24, 2.45) is 5.73 Å². The first-order chi connectivity index (χ1) is 10.4. The first kappa shape index (κ1) is 20.5. The van der Waals surface area contributed by atoms with Gasteiger partial charge in [0.15, 0.2) is 0 Å². The average Bonchev–Trinajstić information content (AvgIpc) is 2.46. The quantitative estimate of drug-likeness (QED) is 0.369. The molecule has 0 aromatic carbocycles. The van der Waals surface area contributed by atoms with Crippen molar-refractivity contribution in [3.8, 4) is 0 Å². The van der Waals surface area contributed by atoms with Crippen LogP contribution in [-0.4, -0.2) is 49.8 Å². The summed E-state index contributed by atoms with van der Waals surface area (Å²) in [6, 6.07) is -0.650. The maximum absolute atomic E-state index is 11.7. The summed E-state index contributed by atoms with van der Waals surface area (Å²) in [6.45, 7) is 4.12. The van der Waals surface area contributed by atoms with Gasteiger partial charge in [-0.15, -0.1) is 0 Å². The van der Waals surface area contributed by atoms with E-state index in [2.05, 4.69) is 16.0 Å². The van der Waals surface area contributed by atoms with Crippen molar-refractivity contribution in [3.63, 3.8) is 0 Å². The Kier molecular flexibility index (Phi) is 11.3. The Balaban J connectivity index is 3.67. The van der Waals surface area contributed by atoms with E-state index in [0.29, 0.717) is 25.9 Å². The van der Waals surface area contributed by atoms with Gasteiger partial charge in [0.2, 0.25) is 11.8 Å². The van der Waals surface area contributed by atoms with Crippen LogP contribution in [0.15, 0.2) is 0 Å². The molecule has 128 valence electrons. The average molecular weight is 314 g/mol. The van der Waals surface area contributed by atoms with E-state index in [1.807, 2.05) is 0 Å². The molecule has 0 aliphatic heterocycles. The van der Waals surface area contributed by atoms with Gasteiger partial charge in [-0.25, -0.2) is 0 Å². The minimum atomic E-state index is -0.545. The fraction of sp³-hybridized carbons (Fsp3) is 0.800. The van der Waals surface area contributed by atoms with Crippen LogP contribution in [0.3, 0.4) is 0 Å². The van der Waals surface area contributed by atoms with E-state index in [1.54, 1.807) is 14.0 Å². The van der Waals surface area contributed by atoms with Gasteiger partial charge in [0.25, 0.3) is 0 Å². The Morgan fingerprint density at radius 2 is 1.59 bits per heavy atom. The second-order valence-corrected chi connectivity index (χ2v) is 5.47. The highest BCUT2D eigenvalue weighted by molar-refractivity contribution is 5.81. The lowest BCUT2D eigenvalue weighted by atomic mass is 10.1. The molecule has 0 saturated carbocycles. The first-order valence-electron chi connectivity index (χ1n) is 7.84. The number of likely N-dealkylation sites (N-methyl/N-ethyl adjacent to an activating group) is 1. The highest BCUT2D eigenvalue weighted by Crippen LogP contribution is 2.01. The van der Waals surface area contributed by atoms with Crippen LogP contribution in [-0.2, 0) is 14.4 Å². The summed E-state index contributed by atoms with van der Waals surface area (Å²) in [6.07, 6.45) is 3.67. The Morgan fingerprint density at radius 3 is 2.14 bits per heavy atom. The van der Waals surface area contributed by atoms with Gasteiger partial charge in [0.05, 0.1) is 12.1 Å². The molecule has 2 unspecified atom stereocenters. The number of carbonyl (C=O) groups is 3. The third kappa shape index (κ3) is 10.3. The van der Waals surface area contributed by atoms with E-state index in [9.17, 15) is 14.4 Å². The van der Waals surface area contributed by atoms with Gasteiger partial charge in [-0.05, 0) is 46.1 Å². The molecule has 22 heavy (non-hydrogen) atoms. The van der Waals surface area contributed by atoms with Crippen LogP contribution in [0.1, 0.15) is 46.0 Å². The smallest absolute Gasteiger partial charge is 0.236 e. The number of carbonyl (C=O) groups excluding carboxylic acids is 3. The molecule has 0 fully saturated rings. The Morgan fingerprint density at radius 1 is 0.955 bits per heavy atom. The summed E-state index contributed by atoms with van der Waals surface area (Å²) in [5.41, 5.74) is 5.78. The van der Waals surface area contributed by atoms with Crippen LogP contribution >= 0.6 is 0 Å². The van der Waals surface area contributed by atoms with E-state index in [1.165, 1.54) is 6.92 Å². The fourth-order valence-electron chi connectivity index (χ4n) is 2.08. The number of hydrogen-bond donors (Lipinski definition) is 4. The fourth-order valence-corrected chi connectivity index (χ4v) is 2.08. The first-order valence-corrected chi connectivity index (χ1v) is 7.84. The van der Waals surface area contributed by atoms with Gasteiger partial charge in [-0.2, -0.15) is 0 Å². The standard InChI is InChI=1S/C15H30N4O3/c1-11(20)14(17-3)8-4-5-9-19-15(22)13(16)7-6-10-18-12(2)21/h13-14,17H,4-10,16H2,1-3H3,(H,18,21)(H,19,22). The minimum Gasteiger partial charge on any atom is -0.356 e. The van der Waals surface area contributed by atoms with Crippen LogP contribution < -0.4 is 21.7 Å². The third-order valence-electron chi connectivity index (χ3n) is 3.46. The minimum absolute atomic E-state index is 0.0801. The predicted octanol–water partition coefficient (Wildman–Crippen LogP) is -0.306. The second kappa shape index (κ2) is 12.1. The summed E-state index contributed by atoms with van der Waals surface area (Å²) in [5, 5.41) is 8.43. The number of rotatable bonds is 12. The number of nitrogens with one attached hydrogen (secondary N) is 3. The topological polar surface area (TPSA) is 113 Å². The van der Waals surface area contributed by atoms with E-state index in [0.717, 1.165) is 19.3 Å².